The third-order valence-electron chi connectivity index (χ3n) is 3.57. The summed E-state index contributed by atoms with van der Waals surface area (Å²) in [5, 5.41) is 0. The second-order valence-corrected chi connectivity index (χ2v) is 5.44. The quantitative estimate of drug-likeness (QED) is 0.719. The Hall–Kier alpha value is -0.150. The Morgan fingerprint density at radius 3 is 2.27 bits per heavy atom. The summed E-state index contributed by atoms with van der Waals surface area (Å²) in [6.07, 6.45) is 4.83. The summed E-state index contributed by atoms with van der Waals surface area (Å²) in [7, 11) is 0. The number of hydrogen-bond acceptors (Lipinski definition) is 2. The predicted molar refractivity (Wildman–Crippen MR) is 60.6 cm³/mol. The molecule has 0 heterocycles. The molecule has 0 aromatic carbocycles. The topological polar surface area (TPSA) is 35.2 Å². The molecule has 0 spiro atoms. The van der Waals surface area contributed by atoms with Crippen molar-refractivity contribution in [1.29, 1.82) is 0 Å². The summed E-state index contributed by atoms with van der Waals surface area (Å²) in [4.78, 5) is 0. The van der Waals surface area contributed by atoms with Crippen molar-refractivity contribution in [2.75, 3.05) is 19.8 Å². The maximum Gasteiger partial charge on any atom is 0.0916 e. The summed E-state index contributed by atoms with van der Waals surface area (Å²) in [6.45, 7) is 5.35. The summed E-state index contributed by atoms with van der Waals surface area (Å²) < 4.78 is 17.8. The molecule has 0 saturated heterocycles. The molecule has 1 aliphatic carbocycles. The molecule has 0 atom stereocenters. The molecule has 3 heteroatoms. The number of nitrogens with two attached hydrogens (primary N) is 1. The molecular weight excluding hydrogens is 193 g/mol. The van der Waals surface area contributed by atoms with Crippen molar-refractivity contribution in [3.05, 3.63) is 0 Å². The molecule has 0 aromatic heterocycles. The number of rotatable bonds is 5. The SMILES string of the molecule is CC1(C)CCC(CN)(OCCCF)CC1. The fourth-order valence-corrected chi connectivity index (χ4v) is 2.13. The highest BCUT2D eigenvalue weighted by molar-refractivity contribution is 4.91. The molecular formula is C12H24FNO. The van der Waals surface area contributed by atoms with Crippen molar-refractivity contribution in [3.8, 4) is 0 Å². The summed E-state index contributed by atoms with van der Waals surface area (Å²) in [5.74, 6) is 0. The average Bonchev–Trinajstić information content (AvgIpc) is 2.22. The van der Waals surface area contributed by atoms with Gasteiger partial charge in [-0.25, -0.2) is 0 Å². The van der Waals surface area contributed by atoms with E-state index < -0.39 is 0 Å². The van der Waals surface area contributed by atoms with Crippen molar-refractivity contribution in [2.24, 2.45) is 11.1 Å². The molecule has 0 amide bonds. The van der Waals surface area contributed by atoms with Crippen LogP contribution in [0.1, 0.15) is 46.0 Å². The van der Waals surface area contributed by atoms with Crippen LogP contribution in [0, 0.1) is 5.41 Å². The van der Waals surface area contributed by atoms with Gasteiger partial charge in [0.25, 0.3) is 0 Å². The fraction of sp³-hybridized carbons (Fsp3) is 1.00. The van der Waals surface area contributed by atoms with Crippen LogP contribution in [0.4, 0.5) is 4.39 Å². The third-order valence-corrected chi connectivity index (χ3v) is 3.57. The van der Waals surface area contributed by atoms with Gasteiger partial charge in [-0.15, -0.1) is 0 Å². The largest absolute Gasteiger partial charge is 0.374 e. The second kappa shape index (κ2) is 5.26. The molecule has 15 heavy (non-hydrogen) atoms. The minimum absolute atomic E-state index is 0.162. The Bertz CT molecular complexity index is 184. The van der Waals surface area contributed by atoms with Crippen molar-refractivity contribution >= 4 is 0 Å². The van der Waals surface area contributed by atoms with Crippen LogP contribution in [0.5, 0.6) is 0 Å². The van der Waals surface area contributed by atoms with Crippen LogP contribution in [0.2, 0.25) is 0 Å². The first-order chi connectivity index (χ1) is 7.04. The molecule has 0 aromatic rings. The molecule has 1 fully saturated rings. The Balaban J connectivity index is 2.41. The average molecular weight is 217 g/mol. The van der Waals surface area contributed by atoms with Gasteiger partial charge in [0.15, 0.2) is 0 Å². The smallest absolute Gasteiger partial charge is 0.0916 e. The second-order valence-electron chi connectivity index (χ2n) is 5.44. The molecule has 2 nitrogen and oxygen atoms in total. The highest BCUT2D eigenvalue weighted by atomic mass is 19.1. The first-order valence-corrected chi connectivity index (χ1v) is 5.94. The molecule has 2 N–H and O–H groups in total. The van der Waals surface area contributed by atoms with Crippen LogP contribution in [0.15, 0.2) is 0 Å². The van der Waals surface area contributed by atoms with Crippen LogP contribution in [0.3, 0.4) is 0 Å². The molecule has 1 saturated carbocycles. The van der Waals surface area contributed by atoms with Gasteiger partial charge in [-0.2, -0.15) is 0 Å². The molecule has 0 aliphatic heterocycles. The van der Waals surface area contributed by atoms with Gasteiger partial charge in [-0.1, -0.05) is 13.8 Å². The lowest BCUT2D eigenvalue weighted by atomic mass is 9.71. The number of alkyl halides is 1. The Morgan fingerprint density at radius 1 is 1.20 bits per heavy atom. The van der Waals surface area contributed by atoms with E-state index in [0.717, 1.165) is 25.7 Å². The maximum atomic E-state index is 12.0. The third kappa shape index (κ3) is 3.72. The van der Waals surface area contributed by atoms with E-state index in [1.54, 1.807) is 0 Å². The monoisotopic (exact) mass is 217 g/mol. The van der Waals surface area contributed by atoms with Gasteiger partial charge in [0, 0.05) is 13.2 Å². The predicted octanol–water partition coefficient (Wildman–Crippen LogP) is 2.66. The van der Waals surface area contributed by atoms with E-state index in [9.17, 15) is 4.39 Å². The number of ether oxygens (including phenoxy) is 1. The van der Waals surface area contributed by atoms with Gasteiger partial charge < -0.3 is 10.5 Å². The minimum Gasteiger partial charge on any atom is -0.374 e. The lowest BCUT2D eigenvalue weighted by Crippen LogP contribution is -2.45. The zero-order valence-corrected chi connectivity index (χ0v) is 10.0. The van der Waals surface area contributed by atoms with Gasteiger partial charge in [0.05, 0.1) is 12.3 Å². The van der Waals surface area contributed by atoms with Gasteiger partial charge in [-0.05, 0) is 37.5 Å². The highest BCUT2D eigenvalue weighted by Crippen LogP contribution is 2.41. The molecule has 1 rings (SSSR count). The Kier molecular flexibility index (Phi) is 4.53. The number of hydrogen-bond donors (Lipinski definition) is 1. The molecule has 0 bridgehead atoms. The highest BCUT2D eigenvalue weighted by Gasteiger charge is 2.37. The van der Waals surface area contributed by atoms with E-state index in [-0.39, 0.29) is 12.3 Å². The standard InChI is InChI=1S/C12H24FNO/c1-11(2)4-6-12(10-14,7-5-11)15-9-3-8-13/h3-10,14H2,1-2H3. The summed E-state index contributed by atoms with van der Waals surface area (Å²) in [5.41, 5.74) is 6.05. The van der Waals surface area contributed by atoms with Crippen molar-refractivity contribution in [1.82, 2.24) is 0 Å². The molecule has 1 aliphatic rings. The zero-order valence-electron chi connectivity index (χ0n) is 10.0. The van der Waals surface area contributed by atoms with E-state index >= 15 is 0 Å². The molecule has 0 unspecified atom stereocenters. The lowest BCUT2D eigenvalue weighted by Gasteiger charge is -2.42. The van der Waals surface area contributed by atoms with Gasteiger partial charge >= 0.3 is 0 Å². The van der Waals surface area contributed by atoms with E-state index in [0.29, 0.717) is 25.0 Å². The van der Waals surface area contributed by atoms with Crippen molar-refractivity contribution < 1.29 is 9.13 Å². The maximum absolute atomic E-state index is 12.0. The van der Waals surface area contributed by atoms with Crippen molar-refractivity contribution in [3.63, 3.8) is 0 Å². The normalized spacial score (nSPS) is 24.0. The van der Waals surface area contributed by atoms with Crippen LogP contribution in [-0.2, 0) is 4.74 Å². The van der Waals surface area contributed by atoms with Gasteiger partial charge in [0.2, 0.25) is 0 Å². The zero-order chi connectivity index (χ0) is 11.4. The van der Waals surface area contributed by atoms with E-state index in [2.05, 4.69) is 13.8 Å². The summed E-state index contributed by atoms with van der Waals surface area (Å²) in [6, 6.07) is 0. The first-order valence-electron chi connectivity index (χ1n) is 5.94. The van der Waals surface area contributed by atoms with Crippen LogP contribution in [-0.4, -0.2) is 25.4 Å². The Labute approximate surface area is 92.4 Å². The fourth-order valence-electron chi connectivity index (χ4n) is 2.13. The van der Waals surface area contributed by atoms with Gasteiger partial charge in [-0.3, -0.25) is 4.39 Å². The van der Waals surface area contributed by atoms with E-state index in [1.807, 2.05) is 0 Å². The van der Waals surface area contributed by atoms with Crippen LogP contribution in [0.25, 0.3) is 0 Å². The molecule has 0 radical (unpaired) electrons. The van der Waals surface area contributed by atoms with E-state index in [1.165, 1.54) is 0 Å². The first kappa shape index (κ1) is 12.9. The van der Waals surface area contributed by atoms with Gasteiger partial charge in [0.1, 0.15) is 0 Å². The lowest BCUT2D eigenvalue weighted by molar-refractivity contribution is -0.0826. The van der Waals surface area contributed by atoms with E-state index in [4.69, 9.17) is 10.5 Å². The minimum atomic E-state index is -0.299. The van der Waals surface area contributed by atoms with Crippen LogP contribution >= 0.6 is 0 Å². The Morgan fingerprint density at radius 2 is 1.80 bits per heavy atom. The van der Waals surface area contributed by atoms with Crippen molar-refractivity contribution in [2.45, 2.75) is 51.6 Å². The number of halogens is 1. The van der Waals surface area contributed by atoms with Crippen LogP contribution < -0.4 is 5.73 Å². The summed E-state index contributed by atoms with van der Waals surface area (Å²) >= 11 is 0. The molecule has 90 valence electrons.